The Kier molecular flexibility index (Phi) is 4.26. The standard InChI is InChI=1S/C12H8BrCl2NO/c13-9-4-10(7-16-6-9)17-12-2-1-8(5-14)3-11(12)15/h1-4,6-7H,5H2. The molecule has 0 saturated heterocycles. The van der Waals surface area contributed by atoms with Crippen LogP contribution in [0.5, 0.6) is 11.5 Å². The Balaban J connectivity index is 2.24. The van der Waals surface area contributed by atoms with E-state index in [0.29, 0.717) is 22.4 Å². The van der Waals surface area contributed by atoms with Crippen LogP contribution < -0.4 is 4.74 Å². The van der Waals surface area contributed by atoms with Crippen molar-refractivity contribution in [2.45, 2.75) is 5.88 Å². The molecule has 0 aliphatic rings. The van der Waals surface area contributed by atoms with Crippen molar-refractivity contribution in [2.24, 2.45) is 0 Å². The maximum atomic E-state index is 6.08. The number of ether oxygens (including phenoxy) is 1. The molecule has 1 aromatic heterocycles. The van der Waals surface area contributed by atoms with Gasteiger partial charge in [-0.05, 0) is 39.7 Å². The number of alkyl halides is 1. The summed E-state index contributed by atoms with van der Waals surface area (Å²) in [5, 5.41) is 0.531. The zero-order valence-electron chi connectivity index (χ0n) is 8.66. The SMILES string of the molecule is ClCc1ccc(Oc2cncc(Br)c2)c(Cl)c1. The van der Waals surface area contributed by atoms with Crippen molar-refractivity contribution < 1.29 is 4.74 Å². The molecule has 2 nitrogen and oxygen atoms in total. The van der Waals surface area contributed by atoms with E-state index >= 15 is 0 Å². The fourth-order valence-corrected chi connectivity index (χ4v) is 2.04. The highest BCUT2D eigenvalue weighted by Crippen LogP contribution is 2.31. The van der Waals surface area contributed by atoms with Crippen LogP contribution in [0.15, 0.2) is 41.1 Å². The second kappa shape index (κ2) is 5.71. The van der Waals surface area contributed by atoms with Gasteiger partial charge in [0.2, 0.25) is 0 Å². The molecule has 88 valence electrons. The number of nitrogens with zero attached hydrogens (tertiary/aromatic N) is 1. The average Bonchev–Trinajstić information content (AvgIpc) is 2.32. The van der Waals surface area contributed by atoms with Crippen LogP contribution in [0.1, 0.15) is 5.56 Å². The van der Waals surface area contributed by atoms with E-state index in [-0.39, 0.29) is 0 Å². The van der Waals surface area contributed by atoms with Crippen molar-refractivity contribution in [2.75, 3.05) is 0 Å². The largest absolute Gasteiger partial charge is 0.454 e. The first-order valence-corrected chi connectivity index (χ1v) is 6.52. The summed E-state index contributed by atoms with van der Waals surface area (Å²) in [6, 6.07) is 7.27. The number of benzene rings is 1. The molecule has 5 heteroatoms. The molecule has 0 spiro atoms. The number of rotatable bonds is 3. The molecule has 0 saturated carbocycles. The van der Waals surface area contributed by atoms with Crippen molar-refractivity contribution in [1.29, 1.82) is 0 Å². The van der Waals surface area contributed by atoms with E-state index < -0.39 is 0 Å². The predicted octanol–water partition coefficient (Wildman–Crippen LogP) is 5.03. The van der Waals surface area contributed by atoms with E-state index in [0.717, 1.165) is 10.0 Å². The summed E-state index contributed by atoms with van der Waals surface area (Å²) < 4.78 is 6.47. The predicted molar refractivity (Wildman–Crippen MR) is 73.0 cm³/mol. The van der Waals surface area contributed by atoms with Crippen molar-refractivity contribution in [3.8, 4) is 11.5 Å². The molecule has 2 aromatic rings. The average molecular weight is 333 g/mol. The Hall–Kier alpha value is -0.770. The Morgan fingerprint density at radius 2 is 2.06 bits per heavy atom. The number of pyridine rings is 1. The smallest absolute Gasteiger partial charge is 0.146 e. The van der Waals surface area contributed by atoms with Gasteiger partial charge in [-0.1, -0.05) is 17.7 Å². The minimum atomic E-state index is 0.429. The van der Waals surface area contributed by atoms with Gasteiger partial charge in [-0.15, -0.1) is 11.6 Å². The minimum absolute atomic E-state index is 0.429. The summed E-state index contributed by atoms with van der Waals surface area (Å²) >= 11 is 15.1. The molecule has 17 heavy (non-hydrogen) atoms. The number of hydrogen-bond acceptors (Lipinski definition) is 2. The Labute approximate surface area is 118 Å². The monoisotopic (exact) mass is 331 g/mol. The van der Waals surface area contributed by atoms with E-state index in [1.807, 2.05) is 12.1 Å². The van der Waals surface area contributed by atoms with Crippen molar-refractivity contribution >= 4 is 39.1 Å². The first kappa shape index (κ1) is 12.7. The van der Waals surface area contributed by atoms with E-state index in [4.69, 9.17) is 27.9 Å². The van der Waals surface area contributed by atoms with Gasteiger partial charge in [-0.25, -0.2) is 0 Å². The molecule has 0 atom stereocenters. The Morgan fingerprint density at radius 3 is 2.71 bits per heavy atom. The van der Waals surface area contributed by atoms with Gasteiger partial charge in [-0.3, -0.25) is 4.98 Å². The summed E-state index contributed by atoms with van der Waals surface area (Å²) in [6.07, 6.45) is 3.31. The van der Waals surface area contributed by atoms with Crippen LogP contribution in [0.4, 0.5) is 0 Å². The van der Waals surface area contributed by atoms with Gasteiger partial charge in [0.15, 0.2) is 0 Å². The molecule has 0 N–H and O–H groups in total. The third-order valence-electron chi connectivity index (χ3n) is 2.06. The minimum Gasteiger partial charge on any atom is -0.454 e. The number of hydrogen-bond donors (Lipinski definition) is 0. The summed E-state index contributed by atoms with van der Waals surface area (Å²) in [5.74, 6) is 1.64. The molecule has 0 radical (unpaired) electrons. The summed E-state index contributed by atoms with van der Waals surface area (Å²) in [7, 11) is 0. The molecular formula is C12H8BrCl2NO. The third kappa shape index (κ3) is 3.35. The van der Waals surface area contributed by atoms with Gasteiger partial charge in [0.05, 0.1) is 11.2 Å². The number of aromatic nitrogens is 1. The van der Waals surface area contributed by atoms with Gasteiger partial charge < -0.3 is 4.74 Å². The zero-order valence-corrected chi connectivity index (χ0v) is 11.8. The maximum Gasteiger partial charge on any atom is 0.146 e. The molecule has 0 bridgehead atoms. The van der Waals surface area contributed by atoms with Gasteiger partial charge in [-0.2, -0.15) is 0 Å². The topological polar surface area (TPSA) is 22.1 Å². The van der Waals surface area contributed by atoms with E-state index in [9.17, 15) is 0 Å². The zero-order chi connectivity index (χ0) is 12.3. The van der Waals surface area contributed by atoms with Crippen LogP contribution >= 0.6 is 39.1 Å². The van der Waals surface area contributed by atoms with Gasteiger partial charge in [0, 0.05) is 16.5 Å². The van der Waals surface area contributed by atoms with E-state index in [1.165, 1.54) is 0 Å². The molecule has 0 aliphatic heterocycles. The van der Waals surface area contributed by atoms with Crippen LogP contribution in [0.2, 0.25) is 5.02 Å². The van der Waals surface area contributed by atoms with Crippen LogP contribution in [0, 0.1) is 0 Å². The molecular weight excluding hydrogens is 325 g/mol. The fraction of sp³-hybridized carbons (Fsp3) is 0.0833. The molecule has 0 unspecified atom stereocenters. The second-order valence-electron chi connectivity index (χ2n) is 3.34. The molecule has 0 amide bonds. The molecule has 0 aliphatic carbocycles. The van der Waals surface area contributed by atoms with Crippen LogP contribution in [-0.4, -0.2) is 4.98 Å². The van der Waals surface area contributed by atoms with Crippen molar-refractivity contribution in [3.63, 3.8) is 0 Å². The highest BCUT2D eigenvalue weighted by atomic mass is 79.9. The lowest BCUT2D eigenvalue weighted by molar-refractivity contribution is 0.480. The first-order chi connectivity index (χ1) is 8.19. The first-order valence-electron chi connectivity index (χ1n) is 4.82. The van der Waals surface area contributed by atoms with E-state index in [1.54, 1.807) is 24.5 Å². The summed E-state index contributed by atoms with van der Waals surface area (Å²) in [6.45, 7) is 0. The maximum absolute atomic E-state index is 6.08. The third-order valence-corrected chi connectivity index (χ3v) is 3.10. The molecule has 0 fully saturated rings. The van der Waals surface area contributed by atoms with Gasteiger partial charge in [0.25, 0.3) is 0 Å². The van der Waals surface area contributed by atoms with Crippen LogP contribution in [-0.2, 0) is 5.88 Å². The lowest BCUT2D eigenvalue weighted by Gasteiger charge is -2.08. The quantitative estimate of drug-likeness (QED) is 0.735. The molecule has 1 heterocycles. The van der Waals surface area contributed by atoms with Gasteiger partial charge in [0.1, 0.15) is 11.5 Å². The fourth-order valence-electron chi connectivity index (χ4n) is 1.29. The summed E-state index contributed by atoms with van der Waals surface area (Å²) in [5.41, 5.74) is 0.955. The molecule has 2 rings (SSSR count). The normalized spacial score (nSPS) is 10.3. The van der Waals surface area contributed by atoms with Crippen LogP contribution in [0.3, 0.4) is 0 Å². The number of halogens is 3. The van der Waals surface area contributed by atoms with Crippen molar-refractivity contribution in [1.82, 2.24) is 4.98 Å². The van der Waals surface area contributed by atoms with E-state index in [2.05, 4.69) is 20.9 Å². The lowest BCUT2D eigenvalue weighted by Crippen LogP contribution is -1.87. The van der Waals surface area contributed by atoms with Crippen molar-refractivity contribution in [3.05, 3.63) is 51.7 Å². The second-order valence-corrected chi connectivity index (χ2v) is 4.93. The van der Waals surface area contributed by atoms with Gasteiger partial charge >= 0.3 is 0 Å². The lowest BCUT2D eigenvalue weighted by atomic mass is 10.2. The highest BCUT2D eigenvalue weighted by molar-refractivity contribution is 9.10. The Bertz CT molecular complexity index is 534. The summed E-state index contributed by atoms with van der Waals surface area (Å²) in [4.78, 5) is 4.01. The molecule has 1 aromatic carbocycles. The van der Waals surface area contributed by atoms with Crippen LogP contribution in [0.25, 0.3) is 0 Å². The Morgan fingerprint density at radius 1 is 1.24 bits per heavy atom. The highest BCUT2D eigenvalue weighted by Gasteiger charge is 2.05.